The summed E-state index contributed by atoms with van der Waals surface area (Å²) in [7, 11) is 2.06. The van der Waals surface area contributed by atoms with Crippen LogP contribution >= 0.6 is 0 Å². The van der Waals surface area contributed by atoms with Crippen molar-refractivity contribution in [2.45, 2.75) is 52.9 Å². The monoisotopic (exact) mass is 183 g/mol. The Morgan fingerprint density at radius 2 is 1.69 bits per heavy atom. The molecule has 0 saturated heterocycles. The third kappa shape index (κ3) is 2.25. The Labute approximate surface area is 83.3 Å². The minimum atomic E-state index is 0.447. The van der Waals surface area contributed by atoms with E-state index >= 15 is 0 Å². The van der Waals surface area contributed by atoms with Gasteiger partial charge in [0.25, 0.3) is 0 Å². The fourth-order valence-corrected chi connectivity index (χ4v) is 2.66. The fourth-order valence-electron chi connectivity index (χ4n) is 2.66. The second-order valence-corrected chi connectivity index (χ2v) is 5.54. The molecule has 0 bridgehead atoms. The maximum atomic E-state index is 3.33. The molecule has 0 spiro atoms. The Morgan fingerprint density at radius 1 is 1.15 bits per heavy atom. The normalized spacial score (nSPS) is 23.1. The quantitative estimate of drug-likeness (QED) is 0.708. The molecule has 0 aromatic heterocycles. The Kier molecular flexibility index (Phi) is 3.39. The van der Waals surface area contributed by atoms with Crippen molar-refractivity contribution in [3.05, 3.63) is 0 Å². The average Bonchev–Trinajstić information content (AvgIpc) is 2.05. The van der Waals surface area contributed by atoms with E-state index in [1.165, 1.54) is 32.1 Å². The van der Waals surface area contributed by atoms with Crippen LogP contribution in [-0.4, -0.2) is 13.6 Å². The molecule has 0 aromatic carbocycles. The molecular formula is C12H25N. The molecule has 13 heavy (non-hydrogen) atoms. The number of rotatable bonds is 3. The van der Waals surface area contributed by atoms with Crippen molar-refractivity contribution >= 4 is 0 Å². The molecule has 0 aliphatic heterocycles. The minimum absolute atomic E-state index is 0.447. The lowest BCUT2D eigenvalue weighted by molar-refractivity contribution is 0.0454. The topological polar surface area (TPSA) is 12.0 Å². The minimum Gasteiger partial charge on any atom is -0.319 e. The highest BCUT2D eigenvalue weighted by molar-refractivity contribution is 4.92. The van der Waals surface area contributed by atoms with E-state index in [9.17, 15) is 0 Å². The van der Waals surface area contributed by atoms with E-state index in [2.05, 4.69) is 33.1 Å². The molecule has 1 aliphatic rings. The molecule has 1 nitrogen and oxygen atoms in total. The third-order valence-electron chi connectivity index (χ3n) is 4.21. The Morgan fingerprint density at radius 3 is 2.15 bits per heavy atom. The van der Waals surface area contributed by atoms with Crippen molar-refractivity contribution in [3.63, 3.8) is 0 Å². The third-order valence-corrected chi connectivity index (χ3v) is 4.21. The lowest BCUT2D eigenvalue weighted by atomic mass is 9.59. The van der Waals surface area contributed by atoms with Crippen LogP contribution in [0.25, 0.3) is 0 Å². The molecule has 1 aliphatic carbocycles. The van der Waals surface area contributed by atoms with Gasteiger partial charge < -0.3 is 5.32 Å². The van der Waals surface area contributed by atoms with Gasteiger partial charge in [-0.15, -0.1) is 0 Å². The summed E-state index contributed by atoms with van der Waals surface area (Å²) in [4.78, 5) is 0. The van der Waals surface area contributed by atoms with E-state index in [4.69, 9.17) is 0 Å². The van der Waals surface area contributed by atoms with E-state index in [1.807, 2.05) is 0 Å². The van der Waals surface area contributed by atoms with E-state index in [0.717, 1.165) is 6.54 Å². The molecule has 1 N–H and O–H groups in total. The maximum Gasteiger partial charge on any atom is 0.000473 e. The van der Waals surface area contributed by atoms with E-state index < -0.39 is 0 Å². The standard InChI is InChI=1S/C12H25N/c1-11(2,10-13-4)12(3)8-6-5-7-9-12/h13H,5-10H2,1-4H3. The zero-order valence-corrected chi connectivity index (χ0v) is 9.74. The highest BCUT2D eigenvalue weighted by atomic mass is 14.8. The van der Waals surface area contributed by atoms with Gasteiger partial charge in [-0.2, -0.15) is 0 Å². The first kappa shape index (κ1) is 11.0. The van der Waals surface area contributed by atoms with Crippen molar-refractivity contribution in [3.8, 4) is 0 Å². The molecule has 0 atom stereocenters. The van der Waals surface area contributed by atoms with Crippen LogP contribution in [0.4, 0.5) is 0 Å². The number of nitrogens with one attached hydrogen (secondary N) is 1. The molecule has 1 saturated carbocycles. The van der Waals surface area contributed by atoms with Crippen LogP contribution in [0.1, 0.15) is 52.9 Å². The predicted molar refractivity (Wildman–Crippen MR) is 58.9 cm³/mol. The van der Waals surface area contributed by atoms with Crippen LogP contribution in [0.3, 0.4) is 0 Å². The van der Waals surface area contributed by atoms with Crippen LogP contribution < -0.4 is 5.32 Å². The van der Waals surface area contributed by atoms with Crippen molar-refractivity contribution in [2.24, 2.45) is 10.8 Å². The molecule has 0 amide bonds. The molecule has 1 fully saturated rings. The van der Waals surface area contributed by atoms with Gasteiger partial charge in [0, 0.05) is 6.54 Å². The lowest BCUT2D eigenvalue weighted by Gasteiger charge is -2.47. The summed E-state index contributed by atoms with van der Waals surface area (Å²) in [5.41, 5.74) is 1.01. The van der Waals surface area contributed by atoms with Crippen LogP contribution in [0.5, 0.6) is 0 Å². The summed E-state index contributed by atoms with van der Waals surface area (Å²) in [6.07, 6.45) is 7.15. The van der Waals surface area contributed by atoms with Gasteiger partial charge in [0.15, 0.2) is 0 Å². The highest BCUT2D eigenvalue weighted by Gasteiger charge is 2.40. The fraction of sp³-hybridized carbons (Fsp3) is 1.00. The predicted octanol–water partition coefficient (Wildman–Crippen LogP) is 3.20. The summed E-state index contributed by atoms with van der Waals surface area (Å²) in [6.45, 7) is 8.44. The van der Waals surface area contributed by atoms with Crippen LogP contribution in [-0.2, 0) is 0 Å². The SMILES string of the molecule is CNCC(C)(C)C1(C)CCCCC1. The van der Waals surface area contributed by atoms with Crippen molar-refractivity contribution in [1.82, 2.24) is 5.32 Å². The second kappa shape index (κ2) is 4.00. The van der Waals surface area contributed by atoms with Gasteiger partial charge in [0.05, 0.1) is 0 Å². The van der Waals surface area contributed by atoms with E-state index in [0.29, 0.717) is 10.8 Å². The Bertz CT molecular complexity index is 155. The second-order valence-electron chi connectivity index (χ2n) is 5.54. The van der Waals surface area contributed by atoms with Crippen LogP contribution in [0, 0.1) is 10.8 Å². The first-order valence-electron chi connectivity index (χ1n) is 5.66. The van der Waals surface area contributed by atoms with Gasteiger partial charge in [-0.05, 0) is 30.7 Å². The lowest BCUT2D eigenvalue weighted by Crippen LogP contribution is -2.43. The van der Waals surface area contributed by atoms with E-state index in [-0.39, 0.29) is 0 Å². The summed E-state index contributed by atoms with van der Waals surface area (Å²) in [6, 6.07) is 0. The van der Waals surface area contributed by atoms with Crippen LogP contribution in [0.15, 0.2) is 0 Å². The highest BCUT2D eigenvalue weighted by Crippen LogP contribution is 2.48. The zero-order chi connectivity index (χ0) is 9.95. The molecule has 0 heterocycles. The van der Waals surface area contributed by atoms with Gasteiger partial charge in [0.1, 0.15) is 0 Å². The Hall–Kier alpha value is -0.0400. The molecule has 78 valence electrons. The summed E-state index contributed by atoms with van der Waals surface area (Å²) in [5, 5.41) is 3.33. The summed E-state index contributed by atoms with van der Waals surface area (Å²) < 4.78 is 0. The van der Waals surface area contributed by atoms with Crippen molar-refractivity contribution < 1.29 is 0 Å². The maximum absolute atomic E-state index is 3.33. The van der Waals surface area contributed by atoms with Gasteiger partial charge in [-0.3, -0.25) is 0 Å². The molecule has 1 heteroatoms. The average molecular weight is 183 g/mol. The van der Waals surface area contributed by atoms with Crippen molar-refractivity contribution in [1.29, 1.82) is 0 Å². The smallest absolute Gasteiger partial charge is 0.000473 e. The largest absolute Gasteiger partial charge is 0.319 e. The Balaban J connectivity index is 2.64. The van der Waals surface area contributed by atoms with Crippen LogP contribution in [0.2, 0.25) is 0 Å². The molecular weight excluding hydrogens is 158 g/mol. The first-order chi connectivity index (χ1) is 6.02. The summed E-state index contributed by atoms with van der Waals surface area (Å²) >= 11 is 0. The van der Waals surface area contributed by atoms with Gasteiger partial charge in [-0.1, -0.05) is 40.0 Å². The van der Waals surface area contributed by atoms with Gasteiger partial charge >= 0.3 is 0 Å². The first-order valence-corrected chi connectivity index (χ1v) is 5.66. The molecule has 0 aromatic rings. The molecule has 1 rings (SSSR count). The number of hydrogen-bond donors (Lipinski definition) is 1. The molecule has 0 radical (unpaired) electrons. The van der Waals surface area contributed by atoms with Crippen molar-refractivity contribution in [2.75, 3.05) is 13.6 Å². The zero-order valence-electron chi connectivity index (χ0n) is 9.74. The summed E-state index contributed by atoms with van der Waals surface area (Å²) in [5.74, 6) is 0. The van der Waals surface area contributed by atoms with E-state index in [1.54, 1.807) is 0 Å². The van der Waals surface area contributed by atoms with Gasteiger partial charge in [-0.25, -0.2) is 0 Å². The molecule has 0 unspecified atom stereocenters. The van der Waals surface area contributed by atoms with Gasteiger partial charge in [0.2, 0.25) is 0 Å². The number of hydrogen-bond acceptors (Lipinski definition) is 1.